The highest BCUT2D eigenvalue weighted by Gasteiger charge is 2.46. The van der Waals surface area contributed by atoms with Gasteiger partial charge in [0.1, 0.15) is 10.8 Å². The fourth-order valence-corrected chi connectivity index (χ4v) is 5.50. The van der Waals surface area contributed by atoms with E-state index in [-0.39, 0.29) is 11.5 Å². The van der Waals surface area contributed by atoms with Crippen LogP contribution in [0.1, 0.15) is 30.0 Å². The molecule has 4 N–H and O–H groups in total. The minimum Gasteiger partial charge on any atom is -0.382 e. The van der Waals surface area contributed by atoms with Gasteiger partial charge in [-0.15, -0.1) is 10.2 Å². The van der Waals surface area contributed by atoms with Gasteiger partial charge in [-0.05, 0) is 41.9 Å². The van der Waals surface area contributed by atoms with Crippen LogP contribution in [-0.4, -0.2) is 33.3 Å². The molecule has 1 saturated heterocycles. The second kappa shape index (κ2) is 7.68. The maximum absolute atomic E-state index is 6.67. The quantitative estimate of drug-likeness (QED) is 0.638. The summed E-state index contributed by atoms with van der Waals surface area (Å²) in [4.78, 5) is 11.5. The highest BCUT2D eigenvalue weighted by atomic mass is 35.5. The minimum absolute atomic E-state index is 0.103. The second-order valence-corrected chi connectivity index (χ2v) is 9.35. The van der Waals surface area contributed by atoms with E-state index in [9.17, 15) is 0 Å². The first kappa shape index (κ1) is 19.5. The first-order valence-corrected chi connectivity index (χ1v) is 11.1. The number of fused-ring (bicyclic) bond motifs is 1. The lowest BCUT2D eigenvalue weighted by Crippen LogP contribution is -2.45. The number of piperidine rings is 1. The van der Waals surface area contributed by atoms with Crippen LogP contribution < -0.4 is 16.4 Å². The van der Waals surface area contributed by atoms with Gasteiger partial charge in [0.05, 0.1) is 11.2 Å². The van der Waals surface area contributed by atoms with Gasteiger partial charge in [-0.1, -0.05) is 47.6 Å². The molecule has 7 nitrogen and oxygen atoms in total. The number of nitrogens with two attached hydrogens (primary N) is 2. The monoisotopic (exact) mass is 439 g/mol. The van der Waals surface area contributed by atoms with Crippen LogP contribution in [0, 0.1) is 5.41 Å². The van der Waals surface area contributed by atoms with Crippen LogP contribution in [0.5, 0.6) is 0 Å². The number of hydrogen-bond donors (Lipinski definition) is 2. The van der Waals surface area contributed by atoms with Crippen molar-refractivity contribution in [3.05, 3.63) is 58.9 Å². The Morgan fingerprint density at radius 3 is 2.63 bits per heavy atom. The normalized spacial score (nSPS) is 19.8. The molecule has 1 aromatic carbocycles. The number of rotatable bonds is 3. The Bertz CT molecular complexity index is 1070. The smallest absolute Gasteiger partial charge is 0.245 e. The summed E-state index contributed by atoms with van der Waals surface area (Å²) in [7, 11) is 0. The van der Waals surface area contributed by atoms with Gasteiger partial charge in [-0.25, -0.2) is 9.97 Å². The third-order valence-electron chi connectivity index (χ3n) is 6.26. The molecule has 2 aromatic heterocycles. The molecule has 9 heteroatoms. The molecule has 3 heterocycles. The van der Waals surface area contributed by atoms with Crippen LogP contribution in [0.4, 0.5) is 11.8 Å². The van der Waals surface area contributed by atoms with Gasteiger partial charge >= 0.3 is 0 Å². The van der Waals surface area contributed by atoms with Gasteiger partial charge < -0.3 is 16.4 Å². The number of aromatic nitrogens is 4. The predicted molar refractivity (Wildman–Crippen MR) is 119 cm³/mol. The van der Waals surface area contributed by atoms with Crippen molar-refractivity contribution in [1.29, 1.82) is 0 Å². The molecule has 0 amide bonds. The number of anilines is 2. The minimum atomic E-state index is 0.103. The fraction of sp³-hybridized carbons (Fsp3) is 0.333. The molecule has 1 aliphatic heterocycles. The summed E-state index contributed by atoms with van der Waals surface area (Å²) in [6.45, 7) is 1.76. The summed E-state index contributed by atoms with van der Waals surface area (Å²) in [6.07, 6.45) is 6.45. The lowest BCUT2D eigenvalue weighted by atomic mass is 9.73. The van der Waals surface area contributed by atoms with Crippen molar-refractivity contribution < 1.29 is 0 Å². The van der Waals surface area contributed by atoms with Crippen molar-refractivity contribution in [3.8, 4) is 0 Å². The molecule has 0 saturated carbocycles. The van der Waals surface area contributed by atoms with E-state index in [1.165, 1.54) is 22.9 Å². The summed E-state index contributed by atoms with van der Waals surface area (Å²) in [5.74, 6) is 0.951. The standard InChI is InChI=1S/C21H22ClN7S/c22-17-15(5-8-25-19(17)24)30-16-12-26-20(28-27-16)29-9-6-21(7-10-29)11-13-3-1-2-4-14(13)18(21)23/h1-5,8,12,18H,6-7,9-11,23H2,(H2,24,25). The van der Waals surface area contributed by atoms with E-state index >= 15 is 0 Å². The van der Waals surface area contributed by atoms with E-state index in [0.717, 1.165) is 37.2 Å². The Kier molecular flexibility index (Phi) is 5.00. The van der Waals surface area contributed by atoms with E-state index in [1.807, 2.05) is 0 Å². The van der Waals surface area contributed by atoms with Crippen LogP contribution in [0.15, 0.2) is 52.6 Å². The molecular formula is C21H22ClN7S. The largest absolute Gasteiger partial charge is 0.382 e. The fourth-order valence-electron chi connectivity index (χ4n) is 4.54. The lowest BCUT2D eigenvalue weighted by Gasteiger charge is -2.42. The van der Waals surface area contributed by atoms with Crippen molar-refractivity contribution >= 4 is 35.1 Å². The molecule has 1 unspecified atom stereocenters. The summed E-state index contributed by atoms with van der Waals surface area (Å²) in [5.41, 5.74) is 15.3. The summed E-state index contributed by atoms with van der Waals surface area (Å²) in [5, 5.41) is 9.75. The topological polar surface area (TPSA) is 107 Å². The van der Waals surface area contributed by atoms with Crippen molar-refractivity contribution in [1.82, 2.24) is 20.2 Å². The molecule has 1 fully saturated rings. The van der Waals surface area contributed by atoms with E-state index in [4.69, 9.17) is 23.1 Å². The van der Waals surface area contributed by atoms with Crippen LogP contribution in [0.25, 0.3) is 0 Å². The van der Waals surface area contributed by atoms with Crippen LogP contribution in [0.3, 0.4) is 0 Å². The molecule has 3 aromatic rings. The zero-order valence-electron chi connectivity index (χ0n) is 16.3. The Morgan fingerprint density at radius 2 is 1.90 bits per heavy atom. The Morgan fingerprint density at radius 1 is 1.10 bits per heavy atom. The molecule has 30 heavy (non-hydrogen) atoms. The average Bonchev–Trinajstić information content (AvgIpc) is 3.04. The number of hydrogen-bond acceptors (Lipinski definition) is 8. The van der Waals surface area contributed by atoms with Crippen LogP contribution in [-0.2, 0) is 6.42 Å². The number of pyridine rings is 1. The Hall–Kier alpha value is -2.42. The van der Waals surface area contributed by atoms with Crippen molar-refractivity contribution in [2.24, 2.45) is 11.1 Å². The van der Waals surface area contributed by atoms with E-state index in [2.05, 4.69) is 49.3 Å². The first-order valence-electron chi connectivity index (χ1n) is 9.92. The SMILES string of the molecule is Nc1nccc(Sc2cnc(N3CCC4(CC3)Cc3ccccc3C4N)nn2)c1Cl. The molecule has 0 bridgehead atoms. The van der Waals surface area contributed by atoms with Crippen LogP contribution >= 0.6 is 23.4 Å². The molecule has 1 aliphatic carbocycles. The summed E-state index contributed by atoms with van der Waals surface area (Å²) < 4.78 is 0. The summed E-state index contributed by atoms with van der Waals surface area (Å²) >= 11 is 7.57. The predicted octanol–water partition coefficient (Wildman–Crippen LogP) is 3.50. The van der Waals surface area contributed by atoms with Crippen LogP contribution in [0.2, 0.25) is 5.02 Å². The summed E-state index contributed by atoms with van der Waals surface area (Å²) in [6, 6.07) is 10.5. The molecule has 154 valence electrons. The third-order valence-corrected chi connectivity index (χ3v) is 7.72. The zero-order chi connectivity index (χ0) is 20.7. The highest BCUT2D eigenvalue weighted by molar-refractivity contribution is 7.99. The number of nitrogen functional groups attached to an aromatic ring is 1. The zero-order valence-corrected chi connectivity index (χ0v) is 17.9. The van der Waals surface area contributed by atoms with E-state index in [0.29, 0.717) is 21.8 Å². The number of benzene rings is 1. The molecule has 2 aliphatic rings. The first-order chi connectivity index (χ1) is 14.6. The average molecular weight is 440 g/mol. The maximum atomic E-state index is 6.67. The number of halogens is 1. The number of nitrogens with zero attached hydrogens (tertiary/aromatic N) is 5. The second-order valence-electron chi connectivity index (χ2n) is 7.91. The van der Waals surface area contributed by atoms with E-state index in [1.54, 1.807) is 18.5 Å². The lowest BCUT2D eigenvalue weighted by molar-refractivity contribution is 0.186. The van der Waals surface area contributed by atoms with Gasteiger partial charge in [0.15, 0.2) is 0 Å². The van der Waals surface area contributed by atoms with E-state index < -0.39 is 0 Å². The van der Waals surface area contributed by atoms with Gasteiger partial charge in [0.25, 0.3) is 0 Å². The molecule has 1 atom stereocenters. The van der Waals surface area contributed by atoms with Gasteiger partial charge in [0, 0.05) is 30.2 Å². The molecule has 5 rings (SSSR count). The van der Waals surface area contributed by atoms with Gasteiger partial charge in [0.2, 0.25) is 5.95 Å². The molecule has 0 radical (unpaired) electrons. The highest BCUT2D eigenvalue weighted by Crippen LogP contribution is 2.50. The van der Waals surface area contributed by atoms with Gasteiger partial charge in [-0.2, -0.15) is 0 Å². The Balaban J connectivity index is 1.26. The maximum Gasteiger partial charge on any atom is 0.245 e. The van der Waals surface area contributed by atoms with Crippen molar-refractivity contribution in [2.75, 3.05) is 23.7 Å². The van der Waals surface area contributed by atoms with Crippen molar-refractivity contribution in [2.45, 2.75) is 35.2 Å². The molecular weight excluding hydrogens is 418 g/mol. The molecule has 1 spiro atoms. The Labute approximate surface area is 184 Å². The van der Waals surface area contributed by atoms with Gasteiger partial charge in [-0.3, -0.25) is 0 Å². The van der Waals surface area contributed by atoms with Crippen molar-refractivity contribution in [3.63, 3.8) is 0 Å². The third kappa shape index (κ3) is 3.38.